The van der Waals surface area contributed by atoms with Crippen molar-refractivity contribution in [1.82, 2.24) is 9.97 Å². The lowest BCUT2D eigenvalue weighted by Gasteiger charge is -2.11. The van der Waals surface area contributed by atoms with E-state index in [1.807, 2.05) is 6.92 Å². The first-order valence-corrected chi connectivity index (χ1v) is 5.23. The van der Waals surface area contributed by atoms with Crippen LogP contribution in [0.4, 0.5) is 21.7 Å². The summed E-state index contributed by atoms with van der Waals surface area (Å²) in [5.74, 6) is 1.00. The van der Waals surface area contributed by atoms with Crippen molar-refractivity contribution in [2.24, 2.45) is 0 Å². The first-order valence-electron chi connectivity index (χ1n) is 5.23. The number of hydrogen-bond donors (Lipinski definition) is 2. The fraction of sp³-hybridized carbons (Fsp3) is 0.167. The number of nitrogens with zero attached hydrogens (tertiary/aromatic N) is 2. The fourth-order valence-electron chi connectivity index (χ4n) is 1.52. The third kappa shape index (κ3) is 2.33. The van der Waals surface area contributed by atoms with Crippen LogP contribution in [0.15, 0.2) is 30.6 Å². The normalized spacial score (nSPS) is 10.1. The minimum atomic E-state index is -0.309. The molecule has 88 valence electrons. The number of para-hydroxylation sites is 1. The summed E-state index contributed by atoms with van der Waals surface area (Å²) in [5.41, 5.74) is 1.25. The lowest BCUT2D eigenvalue weighted by Crippen LogP contribution is -2.03. The van der Waals surface area contributed by atoms with Crippen molar-refractivity contribution in [1.29, 1.82) is 0 Å². The molecular formula is C12H13FN4. The lowest BCUT2D eigenvalue weighted by molar-refractivity contribution is 0.632. The Morgan fingerprint density at radius 1 is 1.12 bits per heavy atom. The van der Waals surface area contributed by atoms with Crippen LogP contribution >= 0.6 is 0 Å². The van der Waals surface area contributed by atoms with Gasteiger partial charge in [-0.05, 0) is 19.1 Å². The molecule has 2 N–H and O–H groups in total. The molecule has 0 aliphatic heterocycles. The van der Waals surface area contributed by atoms with Gasteiger partial charge in [0.1, 0.15) is 23.8 Å². The molecule has 1 aromatic carbocycles. The first-order chi connectivity index (χ1) is 8.22. The van der Waals surface area contributed by atoms with E-state index >= 15 is 0 Å². The molecule has 0 bridgehead atoms. The van der Waals surface area contributed by atoms with Crippen LogP contribution in [0.5, 0.6) is 0 Å². The van der Waals surface area contributed by atoms with Crippen molar-refractivity contribution >= 4 is 17.3 Å². The highest BCUT2D eigenvalue weighted by Gasteiger charge is 2.07. The molecule has 17 heavy (non-hydrogen) atoms. The number of benzene rings is 1. The van der Waals surface area contributed by atoms with E-state index in [1.165, 1.54) is 12.4 Å². The standard InChI is InChI=1S/C12H13FN4/c1-8-11(14-2)15-7-16-12(8)17-10-6-4-3-5-9(10)13/h3-7H,1-2H3,(H2,14,15,16,17). The second kappa shape index (κ2) is 4.78. The third-order valence-electron chi connectivity index (χ3n) is 2.45. The van der Waals surface area contributed by atoms with Gasteiger partial charge in [-0.3, -0.25) is 0 Å². The average molecular weight is 232 g/mol. The smallest absolute Gasteiger partial charge is 0.146 e. The Morgan fingerprint density at radius 2 is 1.82 bits per heavy atom. The molecule has 0 saturated heterocycles. The van der Waals surface area contributed by atoms with Gasteiger partial charge in [-0.15, -0.1) is 0 Å². The molecule has 2 aromatic rings. The predicted molar refractivity (Wildman–Crippen MR) is 66.0 cm³/mol. The monoisotopic (exact) mass is 232 g/mol. The molecule has 0 spiro atoms. The highest BCUT2D eigenvalue weighted by Crippen LogP contribution is 2.23. The molecule has 0 aliphatic rings. The Labute approximate surface area is 98.9 Å². The zero-order chi connectivity index (χ0) is 12.3. The maximum absolute atomic E-state index is 13.5. The maximum atomic E-state index is 13.5. The molecule has 0 amide bonds. The Morgan fingerprint density at radius 3 is 2.53 bits per heavy atom. The quantitative estimate of drug-likeness (QED) is 0.854. The largest absolute Gasteiger partial charge is 0.373 e. The van der Waals surface area contributed by atoms with Gasteiger partial charge in [0.2, 0.25) is 0 Å². The van der Waals surface area contributed by atoms with Crippen molar-refractivity contribution in [2.45, 2.75) is 6.92 Å². The van der Waals surface area contributed by atoms with Crippen molar-refractivity contribution < 1.29 is 4.39 Å². The summed E-state index contributed by atoms with van der Waals surface area (Å²) in [5, 5.41) is 5.90. The second-order valence-electron chi connectivity index (χ2n) is 3.55. The third-order valence-corrected chi connectivity index (χ3v) is 2.45. The molecule has 0 radical (unpaired) electrons. The molecule has 0 saturated carbocycles. The Balaban J connectivity index is 2.34. The fourth-order valence-corrected chi connectivity index (χ4v) is 1.52. The summed E-state index contributed by atoms with van der Waals surface area (Å²) in [7, 11) is 1.78. The summed E-state index contributed by atoms with van der Waals surface area (Å²) in [6, 6.07) is 6.47. The molecule has 1 heterocycles. The molecular weight excluding hydrogens is 219 g/mol. The maximum Gasteiger partial charge on any atom is 0.146 e. The van der Waals surface area contributed by atoms with Crippen LogP contribution < -0.4 is 10.6 Å². The Hall–Kier alpha value is -2.17. The first kappa shape index (κ1) is 11.3. The van der Waals surface area contributed by atoms with Crippen molar-refractivity contribution in [3.63, 3.8) is 0 Å². The van der Waals surface area contributed by atoms with Crippen LogP contribution in [0, 0.1) is 12.7 Å². The zero-order valence-electron chi connectivity index (χ0n) is 9.66. The SMILES string of the molecule is CNc1ncnc(Nc2ccccc2F)c1C. The number of hydrogen-bond acceptors (Lipinski definition) is 4. The van der Waals surface area contributed by atoms with Crippen molar-refractivity contribution in [2.75, 3.05) is 17.7 Å². The minimum absolute atomic E-state index is 0.309. The van der Waals surface area contributed by atoms with E-state index in [0.717, 1.165) is 11.4 Å². The van der Waals surface area contributed by atoms with Gasteiger partial charge < -0.3 is 10.6 Å². The molecule has 1 aromatic heterocycles. The molecule has 4 nitrogen and oxygen atoms in total. The van der Waals surface area contributed by atoms with Gasteiger partial charge in [0, 0.05) is 12.6 Å². The van der Waals surface area contributed by atoms with Crippen LogP contribution in [0.3, 0.4) is 0 Å². The number of aromatic nitrogens is 2. The zero-order valence-corrected chi connectivity index (χ0v) is 9.66. The van der Waals surface area contributed by atoms with E-state index in [9.17, 15) is 4.39 Å². The molecule has 5 heteroatoms. The van der Waals surface area contributed by atoms with Crippen molar-refractivity contribution in [3.05, 3.63) is 42.0 Å². The number of anilines is 3. The summed E-state index contributed by atoms with van der Waals surface area (Å²) >= 11 is 0. The van der Waals surface area contributed by atoms with Crippen molar-refractivity contribution in [3.8, 4) is 0 Å². The van der Waals surface area contributed by atoms with E-state index in [0.29, 0.717) is 11.5 Å². The number of nitrogens with one attached hydrogen (secondary N) is 2. The van der Waals surface area contributed by atoms with Crippen LogP contribution in [0.25, 0.3) is 0 Å². The highest BCUT2D eigenvalue weighted by atomic mass is 19.1. The van der Waals surface area contributed by atoms with Gasteiger partial charge in [-0.25, -0.2) is 14.4 Å². The molecule has 0 fully saturated rings. The lowest BCUT2D eigenvalue weighted by atomic mass is 10.2. The van der Waals surface area contributed by atoms with Crippen LogP contribution in [-0.4, -0.2) is 17.0 Å². The van der Waals surface area contributed by atoms with Gasteiger partial charge >= 0.3 is 0 Å². The molecule has 0 atom stereocenters. The van der Waals surface area contributed by atoms with Gasteiger partial charge in [0.25, 0.3) is 0 Å². The van der Waals surface area contributed by atoms with E-state index < -0.39 is 0 Å². The second-order valence-corrected chi connectivity index (χ2v) is 3.55. The average Bonchev–Trinajstić information content (AvgIpc) is 2.34. The number of rotatable bonds is 3. The van der Waals surface area contributed by atoms with Gasteiger partial charge in [-0.1, -0.05) is 12.1 Å². The number of halogens is 1. The van der Waals surface area contributed by atoms with Gasteiger partial charge in [-0.2, -0.15) is 0 Å². The highest BCUT2D eigenvalue weighted by molar-refractivity contribution is 5.64. The molecule has 0 aliphatic carbocycles. The van der Waals surface area contributed by atoms with E-state index in [-0.39, 0.29) is 5.82 Å². The Kier molecular flexibility index (Phi) is 3.18. The van der Waals surface area contributed by atoms with E-state index in [1.54, 1.807) is 25.2 Å². The summed E-state index contributed by atoms with van der Waals surface area (Å²) in [6.45, 7) is 1.87. The molecule has 2 rings (SSSR count). The Bertz CT molecular complexity index is 528. The van der Waals surface area contributed by atoms with Gasteiger partial charge in [0.15, 0.2) is 0 Å². The van der Waals surface area contributed by atoms with Crippen LogP contribution in [-0.2, 0) is 0 Å². The summed E-state index contributed by atoms with van der Waals surface area (Å²) < 4.78 is 13.5. The van der Waals surface area contributed by atoms with E-state index in [2.05, 4.69) is 20.6 Å². The molecule has 0 unspecified atom stereocenters. The van der Waals surface area contributed by atoms with Crippen LogP contribution in [0.1, 0.15) is 5.56 Å². The summed E-state index contributed by atoms with van der Waals surface area (Å²) in [4.78, 5) is 8.16. The van der Waals surface area contributed by atoms with E-state index in [4.69, 9.17) is 0 Å². The predicted octanol–water partition coefficient (Wildman–Crippen LogP) is 2.71. The summed E-state index contributed by atoms with van der Waals surface area (Å²) in [6.07, 6.45) is 1.43. The minimum Gasteiger partial charge on any atom is -0.373 e. The van der Waals surface area contributed by atoms with Gasteiger partial charge in [0.05, 0.1) is 5.69 Å². The van der Waals surface area contributed by atoms with Crippen LogP contribution in [0.2, 0.25) is 0 Å². The topological polar surface area (TPSA) is 49.8 Å².